The number of halogens is 1. The largest absolute Gasteiger partial charge is 0.310 e. The quantitative estimate of drug-likeness (QED) is 0.162. The fourth-order valence-electron chi connectivity index (χ4n) is 10.3. The summed E-state index contributed by atoms with van der Waals surface area (Å²) < 4.78 is 51.9. The van der Waals surface area contributed by atoms with Gasteiger partial charge < -0.3 is 4.90 Å². The molecule has 5 unspecified atom stereocenters. The lowest BCUT2D eigenvalue weighted by Crippen LogP contribution is -2.30. The van der Waals surface area contributed by atoms with E-state index in [1.807, 2.05) is 24.3 Å². The number of rotatable bonds is 3. The first-order chi connectivity index (χ1) is 35.6. The molecule has 1 aliphatic carbocycles. The highest BCUT2D eigenvalue weighted by Gasteiger charge is 2.40. The average Bonchev–Trinajstić information content (AvgIpc) is 3.40. The maximum absolute atomic E-state index is 13.3. The fraction of sp³-hybridized carbons (Fsp3) is 0.138. The Balaban J connectivity index is 0.000000150. The average molecular weight is 1260 g/mol. The first-order valence-electron chi connectivity index (χ1n) is 23.6. The Morgan fingerprint density at radius 3 is 1.25 bits per heavy atom. The van der Waals surface area contributed by atoms with Crippen LogP contribution in [0.25, 0.3) is 0 Å². The van der Waals surface area contributed by atoms with E-state index in [4.69, 9.17) is 0 Å². The van der Waals surface area contributed by atoms with Crippen LogP contribution in [0.1, 0.15) is 100 Å². The molecule has 3 aliphatic heterocycles. The van der Waals surface area contributed by atoms with Crippen molar-refractivity contribution in [2.75, 3.05) is 4.90 Å². The predicted octanol–water partition coefficient (Wildman–Crippen LogP) is 17.8. The Hall–Kier alpha value is -3.28. The van der Waals surface area contributed by atoms with Gasteiger partial charge in [0, 0.05) is 43.2 Å². The molecule has 0 aromatic heterocycles. The Kier molecular flexibility index (Phi) is 18.1. The number of fused-ring (bicyclic) bond motifs is 8. The maximum atomic E-state index is 13.3. The third-order valence-corrected chi connectivity index (χ3v) is 56.0. The number of para-hydroxylation sites is 2. The van der Waals surface area contributed by atoms with E-state index in [0.717, 1.165) is 23.5 Å². The Morgan fingerprint density at radius 2 is 0.803 bits per heavy atom. The highest BCUT2D eigenvalue weighted by molar-refractivity contribution is 9.10. The van der Waals surface area contributed by atoms with Gasteiger partial charge in [-0.05, 0) is 134 Å². The Bertz CT molecular complexity index is 3710. The minimum Gasteiger partial charge on any atom is -0.310 e. The van der Waals surface area contributed by atoms with E-state index in [0.29, 0.717) is 4.47 Å². The van der Waals surface area contributed by atoms with Gasteiger partial charge in [0.1, 0.15) is 0 Å². The van der Waals surface area contributed by atoms with Crippen molar-refractivity contribution in [3.8, 4) is 0 Å². The Morgan fingerprint density at radius 1 is 0.447 bits per heavy atom. The smallest absolute Gasteiger partial charge is 0.208 e. The summed E-state index contributed by atoms with van der Waals surface area (Å²) in [6.45, 7) is 9.56. The summed E-state index contributed by atoms with van der Waals surface area (Å²) in [5.74, 6) is -0.520. The molecule has 4 aliphatic rings. The second-order valence-corrected chi connectivity index (χ2v) is 51.9. The predicted molar refractivity (Wildman–Crippen MR) is 342 cm³/mol. The van der Waals surface area contributed by atoms with Crippen LogP contribution in [0.3, 0.4) is 0 Å². The van der Waals surface area contributed by atoms with Crippen molar-refractivity contribution in [2.24, 2.45) is 0 Å². The second kappa shape index (κ2) is 23.4. The van der Waals surface area contributed by atoms with Crippen molar-refractivity contribution in [2.45, 2.75) is 72.0 Å². The first-order valence-corrected chi connectivity index (χ1v) is 40.9. The highest BCUT2D eigenvalue weighted by Crippen LogP contribution is 3.00. The zero-order valence-electron chi connectivity index (χ0n) is 41.3. The van der Waals surface area contributed by atoms with Crippen LogP contribution in [0.15, 0.2) is 206 Å². The zero-order valence-corrected chi connectivity index (χ0v) is 53.0. The molecule has 76 heavy (non-hydrogen) atoms. The summed E-state index contributed by atoms with van der Waals surface area (Å²) in [7, 11) is 7.04. The third-order valence-electron chi connectivity index (χ3n) is 13.9. The molecule has 0 bridgehead atoms. The van der Waals surface area contributed by atoms with Gasteiger partial charge >= 0.3 is 0 Å². The lowest BCUT2D eigenvalue weighted by atomic mass is 9.69. The molecule has 0 radical (unpaired) electrons. The SMILES string of the molecule is C.CC1(C)c2ccccc2Cc2ccccc21.CC1(C)c2ccccc2N(c2ccc3c(c2)C(=O)c2ccccc2S3(=O)=O)c2ccccc21.O=C1c2ccccc2S(=O)(=O)c2ccc(Br)cc21.PP(P)P(P)P(P)P. The molecular weight excluding hydrogens is 1200 g/mol. The Labute approximate surface area is 471 Å². The van der Waals surface area contributed by atoms with E-state index in [1.165, 1.54) is 51.6 Å². The standard InChI is InChI=1S/C28H21NO3S.C16H16.C13H7BrO3S.CH4.H10P8/c1-28(2)21-10-4-6-12-23(21)29(24-13-7-5-11-22(24)28)18-15-16-26-20(17-18)27(30)19-9-3-8-14-25(19)33(26,31)32;1-16(2)14-9-5-3-7-12(14)11-13-8-4-6-10-15(13)16;14-8-5-6-12-10(7-8)13(15)9-3-1-2-4-11(9)18(12,16)17;;1-6(2)8(5)7(3)4/h3-17H,1-2H3;3-10H,11H2,1-2H3;1-7H;1H4;1-5H2. The van der Waals surface area contributed by atoms with E-state index in [1.54, 1.807) is 66.7 Å². The highest BCUT2D eigenvalue weighted by atomic mass is 79.9. The molecule has 0 amide bonds. The van der Waals surface area contributed by atoms with E-state index in [-0.39, 0.29) is 92.6 Å². The molecule has 0 N–H and O–H groups in total. The zero-order chi connectivity index (χ0) is 53.8. The number of ketones is 2. The monoisotopic (exact) mass is 1260 g/mol. The fourth-order valence-corrected chi connectivity index (χ4v) is 42.8. The van der Waals surface area contributed by atoms with E-state index >= 15 is 0 Å². The van der Waals surface area contributed by atoms with Crippen molar-refractivity contribution in [1.29, 1.82) is 0 Å². The van der Waals surface area contributed by atoms with Crippen LogP contribution in [0.5, 0.6) is 0 Å². The van der Waals surface area contributed by atoms with Crippen LogP contribution >= 0.6 is 81.5 Å². The van der Waals surface area contributed by atoms with Crippen LogP contribution < -0.4 is 4.90 Å². The summed E-state index contributed by atoms with van der Waals surface area (Å²) >= 11 is 3.25. The molecule has 7 nitrogen and oxygen atoms in total. The molecule has 8 aromatic carbocycles. The van der Waals surface area contributed by atoms with Gasteiger partial charge in [0.2, 0.25) is 19.7 Å². The first kappa shape index (κ1) is 58.9. The van der Waals surface area contributed by atoms with Crippen molar-refractivity contribution in [3.05, 3.63) is 242 Å². The van der Waals surface area contributed by atoms with Gasteiger partial charge in [0.25, 0.3) is 0 Å². The van der Waals surface area contributed by atoms with Crippen molar-refractivity contribution in [1.82, 2.24) is 0 Å². The molecule has 0 fully saturated rings. The van der Waals surface area contributed by atoms with Crippen LogP contribution in [0.4, 0.5) is 17.1 Å². The summed E-state index contributed by atoms with van der Waals surface area (Å²) in [5, 5.41) is 0. The normalized spacial score (nSPS) is 15.8. The molecule has 18 heteroatoms. The van der Waals surface area contributed by atoms with Gasteiger partial charge in [-0.25, -0.2) is 16.8 Å². The minimum atomic E-state index is -3.76. The van der Waals surface area contributed by atoms with Crippen LogP contribution in [-0.2, 0) is 36.9 Å². The van der Waals surface area contributed by atoms with Gasteiger partial charge in [-0.15, -0.1) is 44.6 Å². The number of carbonyl (C=O) groups excluding carboxylic acids is 2. The van der Waals surface area contributed by atoms with E-state index < -0.39 is 19.7 Å². The number of nitrogens with zero attached hydrogens (tertiary/aromatic N) is 1. The van der Waals surface area contributed by atoms with Gasteiger partial charge in [0.05, 0.1) is 31.0 Å². The molecule has 3 heterocycles. The minimum absolute atomic E-state index is 0. The van der Waals surface area contributed by atoms with Crippen LogP contribution in [-0.4, -0.2) is 28.4 Å². The van der Waals surface area contributed by atoms with Gasteiger partial charge in [-0.3, -0.25) is 9.59 Å². The molecule has 5 atom stereocenters. The van der Waals surface area contributed by atoms with E-state index in [9.17, 15) is 26.4 Å². The number of hydrogen-bond donors (Lipinski definition) is 0. The number of carbonyl (C=O) groups is 2. The summed E-state index contributed by atoms with van der Waals surface area (Å²) in [6.07, 6.45) is 1.08. The topological polar surface area (TPSA) is 106 Å². The van der Waals surface area contributed by atoms with Gasteiger partial charge in [0.15, 0.2) is 11.6 Å². The molecule has 0 saturated heterocycles. The van der Waals surface area contributed by atoms with Crippen LogP contribution in [0, 0.1) is 0 Å². The molecule has 0 saturated carbocycles. The lowest BCUT2D eigenvalue weighted by Gasteiger charge is -2.42. The van der Waals surface area contributed by atoms with Gasteiger partial charge in [-0.2, -0.15) is 0 Å². The molecule has 0 spiro atoms. The number of anilines is 3. The second-order valence-electron chi connectivity index (χ2n) is 19.2. The summed E-state index contributed by atoms with van der Waals surface area (Å²) in [6, 6.07) is 56.5. The summed E-state index contributed by atoms with van der Waals surface area (Å²) in [4.78, 5) is 28.0. The maximum Gasteiger partial charge on any atom is 0.208 e. The van der Waals surface area contributed by atoms with Crippen molar-refractivity contribution >= 4 is 130 Å². The van der Waals surface area contributed by atoms with Crippen molar-refractivity contribution < 1.29 is 26.4 Å². The lowest BCUT2D eigenvalue weighted by molar-refractivity contribution is 0.102. The molecule has 8 aromatic rings. The molecule has 390 valence electrons. The van der Waals surface area contributed by atoms with Gasteiger partial charge in [-0.1, -0.05) is 160 Å². The number of hydrogen-bond acceptors (Lipinski definition) is 7. The third kappa shape index (κ3) is 11.0. The molecular formula is C58H58BrNO6P8S2. The van der Waals surface area contributed by atoms with Crippen molar-refractivity contribution in [3.63, 3.8) is 0 Å². The number of benzene rings is 8. The van der Waals surface area contributed by atoms with Crippen LogP contribution in [0.2, 0.25) is 0 Å². The number of sulfone groups is 2. The molecule has 12 rings (SSSR count). The van der Waals surface area contributed by atoms with E-state index in [2.05, 4.69) is 166 Å². The summed E-state index contributed by atoms with van der Waals surface area (Å²) in [5.41, 5.74) is 11.9.